The van der Waals surface area contributed by atoms with Crippen molar-refractivity contribution in [3.05, 3.63) is 70.3 Å². The van der Waals surface area contributed by atoms with Crippen LogP contribution in [-0.4, -0.2) is 84.3 Å². The lowest BCUT2D eigenvalue weighted by molar-refractivity contribution is -0.123. The summed E-state index contributed by atoms with van der Waals surface area (Å²) in [6.45, 7) is 6.13. The summed E-state index contributed by atoms with van der Waals surface area (Å²) in [6.07, 6.45) is 0.127. The van der Waals surface area contributed by atoms with Crippen molar-refractivity contribution < 1.29 is 33.4 Å². The molecule has 0 fully saturated rings. The number of benzene rings is 2. The smallest absolute Gasteiger partial charge is 0.253 e. The van der Waals surface area contributed by atoms with E-state index in [-0.39, 0.29) is 30.0 Å². The van der Waals surface area contributed by atoms with Crippen LogP contribution in [0.5, 0.6) is 0 Å². The van der Waals surface area contributed by atoms with Crippen LogP contribution in [0.2, 0.25) is 0 Å². The molecule has 0 saturated heterocycles. The first kappa shape index (κ1) is 32.8. The van der Waals surface area contributed by atoms with E-state index in [0.717, 1.165) is 31.0 Å². The highest BCUT2D eigenvalue weighted by atomic mass is 19.1. The molecule has 220 valence electrons. The van der Waals surface area contributed by atoms with Crippen LogP contribution in [-0.2, 0) is 11.2 Å². The number of rotatable bonds is 15. The van der Waals surface area contributed by atoms with Gasteiger partial charge in [-0.05, 0) is 67.6 Å². The molecule has 0 aliphatic heterocycles. The molecule has 0 aliphatic carbocycles. The molecule has 0 bridgehead atoms. The molecule has 11 heteroatoms. The summed E-state index contributed by atoms with van der Waals surface area (Å²) in [5.41, 5.74) is 1.42. The Morgan fingerprint density at radius 1 is 0.950 bits per heavy atom. The van der Waals surface area contributed by atoms with E-state index in [1.54, 1.807) is 24.0 Å². The third kappa shape index (κ3) is 9.65. The predicted molar refractivity (Wildman–Crippen MR) is 148 cm³/mol. The van der Waals surface area contributed by atoms with Crippen LogP contribution >= 0.6 is 0 Å². The van der Waals surface area contributed by atoms with Crippen molar-refractivity contribution >= 4 is 17.7 Å². The lowest BCUT2D eigenvalue weighted by Crippen LogP contribution is -2.53. The minimum absolute atomic E-state index is 0.134. The lowest BCUT2D eigenvalue weighted by atomic mass is 9.99. The summed E-state index contributed by atoms with van der Waals surface area (Å²) >= 11 is 0. The van der Waals surface area contributed by atoms with Crippen LogP contribution < -0.4 is 16.0 Å². The number of carbonyl (C=O) groups is 3. The Morgan fingerprint density at radius 2 is 1.55 bits per heavy atom. The molecular weight excluding hydrogens is 522 g/mol. The molecule has 0 aromatic heterocycles. The van der Waals surface area contributed by atoms with Crippen LogP contribution in [0, 0.1) is 18.6 Å². The van der Waals surface area contributed by atoms with E-state index >= 15 is 0 Å². The van der Waals surface area contributed by atoms with E-state index < -0.39 is 48.2 Å². The van der Waals surface area contributed by atoms with Crippen molar-refractivity contribution in [2.75, 3.05) is 33.3 Å². The Balaban J connectivity index is 2.33. The number of likely N-dealkylation sites (N-methyl/N-ethyl adjacent to an activating group) is 1. The number of nitrogens with one attached hydrogen (secondary N) is 3. The highest BCUT2D eigenvalue weighted by Gasteiger charge is 2.26. The average Bonchev–Trinajstić information content (AvgIpc) is 2.91. The van der Waals surface area contributed by atoms with Crippen molar-refractivity contribution in [3.8, 4) is 0 Å². The van der Waals surface area contributed by atoms with E-state index in [0.29, 0.717) is 24.2 Å². The second-order valence-electron chi connectivity index (χ2n) is 9.77. The molecule has 0 radical (unpaired) electrons. The topological polar surface area (TPSA) is 131 Å². The molecule has 3 atom stereocenters. The van der Waals surface area contributed by atoms with E-state index in [1.165, 1.54) is 13.1 Å². The Labute approximate surface area is 234 Å². The Kier molecular flexibility index (Phi) is 13.1. The molecule has 3 amide bonds. The number of amides is 3. The molecule has 0 aliphatic rings. The van der Waals surface area contributed by atoms with Gasteiger partial charge in [0.1, 0.15) is 17.7 Å². The highest BCUT2D eigenvalue weighted by molar-refractivity contribution is 6.00. The number of aliphatic hydroxyl groups is 2. The molecule has 2 aromatic rings. The zero-order valence-corrected chi connectivity index (χ0v) is 23.5. The number of carbonyl (C=O) groups excluding carboxylic acids is 3. The van der Waals surface area contributed by atoms with Crippen molar-refractivity contribution in [3.63, 3.8) is 0 Å². The van der Waals surface area contributed by atoms with Gasteiger partial charge in [0.25, 0.3) is 11.8 Å². The van der Waals surface area contributed by atoms with Gasteiger partial charge in [-0.1, -0.05) is 13.8 Å². The Morgan fingerprint density at radius 3 is 2.10 bits per heavy atom. The van der Waals surface area contributed by atoms with Crippen LogP contribution in [0.25, 0.3) is 0 Å². The van der Waals surface area contributed by atoms with Gasteiger partial charge in [-0.25, -0.2) is 8.78 Å². The second-order valence-corrected chi connectivity index (χ2v) is 9.77. The number of nitrogens with zero attached hydrogens (tertiary/aromatic N) is 1. The standard InChI is InChI=1S/C29H40F2N4O5/c1-5-7-35(8-6-2)29(40)21-10-18(3)9-20(14-21)27(38)34-24(13-19-11-22(30)15-23(31)12-19)26(37)16-33-25(17-36)28(39)32-4/h9-12,14-15,24-26,33,36-37H,5-8,13,16-17H2,1-4H3,(H,32,39)(H,34,38). The lowest BCUT2D eigenvalue weighted by Gasteiger charge is -2.26. The molecular formula is C29H40F2N4O5. The maximum Gasteiger partial charge on any atom is 0.253 e. The number of hydrogen-bond acceptors (Lipinski definition) is 6. The monoisotopic (exact) mass is 562 g/mol. The maximum absolute atomic E-state index is 13.9. The van der Waals surface area contributed by atoms with Gasteiger partial charge >= 0.3 is 0 Å². The summed E-state index contributed by atoms with van der Waals surface area (Å²) in [7, 11) is 1.40. The normalized spacial score (nSPS) is 13.3. The van der Waals surface area contributed by atoms with Gasteiger partial charge in [0.2, 0.25) is 5.91 Å². The number of aliphatic hydroxyl groups excluding tert-OH is 2. The number of aryl methyl sites for hydroxylation is 1. The molecule has 40 heavy (non-hydrogen) atoms. The molecule has 9 nitrogen and oxygen atoms in total. The molecule has 3 unspecified atom stereocenters. The van der Waals surface area contributed by atoms with Crippen LogP contribution in [0.4, 0.5) is 8.78 Å². The van der Waals surface area contributed by atoms with Crippen molar-refractivity contribution in [1.82, 2.24) is 20.9 Å². The first-order chi connectivity index (χ1) is 19.0. The quantitative estimate of drug-likeness (QED) is 0.226. The SMILES string of the molecule is CCCN(CCC)C(=O)c1cc(C)cc(C(=O)NC(Cc2cc(F)cc(F)c2)C(O)CNC(CO)C(=O)NC)c1. The van der Waals surface area contributed by atoms with E-state index in [1.807, 2.05) is 13.8 Å². The van der Waals surface area contributed by atoms with E-state index in [4.69, 9.17) is 0 Å². The van der Waals surface area contributed by atoms with E-state index in [2.05, 4.69) is 16.0 Å². The minimum Gasteiger partial charge on any atom is -0.394 e. The number of hydrogen-bond donors (Lipinski definition) is 5. The molecule has 5 N–H and O–H groups in total. The fraction of sp³-hybridized carbons (Fsp3) is 0.483. The summed E-state index contributed by atoms with van der Waals surface area (Å²) < 4.78 is 27.7. The second kappa shape index (κ2) is 16.0. The molecule has 2 rings (SSSR count). The average molecular weight is 563 g/mol. The van der Waals surface area contributed by atoms with Crippen LogP contribution in [0.3, 0.4) is 0 Å². The largest absolute Gasteiger partial charge is 0.394 e. The van der Waals surface area contributed by atoms with Crippen molar-refractivity contribution in [2.24, 2.45) is 0 Å². The van der Waals surface area contributed by atoms with Gasteiger partial charge in [-0.2, -0.15) is 0 Å². The van der Waals surface area contributed by atoms with E-state index in [9.17, 15) is 33.4 Å². The molecule has 0 saturated carbocycles. The first-order valence-corrected chi connectivity index (χ1v) is 13.4. The summed E-state index contributed by atoms with van der Waals surface area (Å²) in [4.78, 5) is 40.2. The summed E-state index contributed by atoms with van der Waals surface area (Å²) in [6, 6.07) is 5.66. The first-order valence-electron chi connectivity index (χ1n) is 13.4. The maximum atomic E-state index is 13.9. The van der Waals surface area contributed by atoms with Gasteiger partial charge in [0.15, 0.2) is 0 Å². The van der Waals surface area contributed by atoms with Crippen LogP contribution in [0.1, 0.15) is 58.5 Å². The Bertz CT molecular complexity index is 1140. The minimum atomic E-state index is -1.32. The summed E-state index contributed by atoms with van der Waals surface area (Å²) in [5.74, 6) is -2.90. The fourth-order valence-electron chi connectivity index (χ4n) is 4.41. The van der Waals surface area contributed by atoms with Gasteiger partial charge < -0.3 is 31.1 Å². The third-order valence-corrected chi connectivity index (χ3v) is 6.34. The zero-order chi connectivity index (χ0) is 29.8. The molecule has 2 aromatic carbocycles. The van der Waals surface area contributed by atoms with Gasteiger partial charge in [-0.3, -0.25) is 14.4 Å². The van der Waals surface area contributed by atoms with Gasteiger partial charge in [0.05, 0.1) is 18.8 Å². The zero-order valence-electron chi connectivity index (χ0n) is 23.5. The Hall–Kier alpha value is -3.41. The van der Waals surface area contributed by atoms with Crippen molar-refractivity contribution in [1.29, 1.82) is 0 Å². The third-order valence-electron chi connectivity index (χ3n) is 6.34. The summed E-state index contributed by atoms with van der Waals surface area (Å²) in [5, 5.41) is 28.3. The predicted octanol–water partition coefficient (Wildman–Crippen LogP) is 1.93. The molecule has 0 heterocycles. The van der Waals surface area contributed by atoms with Gasteiger partial charge in [-0.15, -0.1) is 0 Å². The molecule has 0 spiro atoms. The fourth-order valence-corrected chi connectivity index (χ4v) is 4.41. The highest BCUT2D eigenvalue weighted by Crippen LogP contribution is 2.16. The van der Waals surface area contributed by atoms with Crippen molar-refractivity contribution in [2.45, 2.75) is 58.2 Å². The van der Waals surface area contributed by atoms with Crippen LogP contribution in [0.15, 0.2) is 36.4 Å². The number of halogens is 2. The van der Waals surface area contributed by atoms with Gasteiger partial charge in [0, 0.05) is 43.9 Å².